The van der Waals surface area contributed by atoms with Gasteiger partial charge in [0, 0.05) is 25.7 Å². The van der Waals surface area contributed by atoms with Gasteiger partial charge in [-0.2, -0.15) is 0 Å². The van der Waals surface area contributed by atoms with Crippen LogP contribution in [-0.2, 0) is 65.4 Å². The molecular weight excluding hydrogens is 1250 g/mol. The van der Waals surface area contributed by atoms with Crippen LogP contribution < -0.4 is 0 Å². The zero-order valence-electron chi connectivity index (χ0n) is 62.1. The Morgan fingerprint density at radius 3 is 0.800 bits per heavy atom. The molecule has 564 valence electrons. The zero-order valence-corrected chi connectivity index (χ0v) is 63.9. The fourth-order valence-electron chi connectivity index (χ4n) is 11.5. The van der Waals surface area contributed by atoms with Crippen LogP contribution in [0.4, 0.5) is 0 Å². The van der Waals surface area contributed by atoms with Crippen LogP contribution in [0.25, 0.3) is 0 Å². The molecule has 0 radical (unpaired) electrons. The van der Waals surface area contributed by atoms with E-state index < -0.39 is 97.5 Å². The minimum absolute atomic E-state index is 0.106. The van der Waals surface area contributed by atoms with Crippen molar-refractivity contribution in [1.29, 1.82) is 0 Å². The first kappa shape index (κ1) is 93.1. The van der Waals surface area contributed by atoms with Gasteiger partial charge >= 0.3 is 39.5 Å². The molecule has 0 saturated heterocycles. The van der Waals surface area contributed by atoms with Crippen LogP contribution in [0.2, 0.25) is 0 Å². The summed E-state index contributed by atoms with van der Waals surface area (Å²) in [6.45, 7) is 11.9. The second-order valence-corrected chi connectivity index (χ2v) is 31.3. The first-order valence-corrected chi connectivity index (χ1v) is 42.4. The quantitative estimate of drug-likeness (QED) is 0.0222. The highest BCUT2D eigenvalue weighted by atomic mass is 31.2. The average molecular weight is 1400 g/mol. The van der Waals surface area contributed by atoms with Gasteiger partial charge < -0.3 is 33.8 Å². The Kier molecular flexibility index (Phi) is 65.2. The highest BCUT2D eigenvalue weighted by Crippen LogP contribution is 2.45. The van der Waals surface area contributed by atoms with E-state index in [0.29, 0.717) is 25.7 Å². The summed E-state index contributed by atoms with van der Waals surface area (Å²) in [5, 5.41) is 10.6. The van der Waals surface area contributed by atoms with Gasteiger partial charge in [0.1, 0.15) is 19.3 Å². The van der Waals surface area contributed by atoms with Gasteiger partial charge in [0.2, 0.25) is 0 Å². The number of aliphatic hydroxyl groups is 1. The van der Waals surface area contributed by atoms with E-state index in [1.807, 2.05) is 0 Å². The average Bonchev–Trinajstić information content (AvgIpc) is 1.76. The number of rotatable bonds is 74. The van der Waals surface area contributed by atoms with E-state index in [4.69, 9.17) is 37.0 Å². The first-order chi connectivity index (χ1) is 45.8. The van der Waals surface area contributed by atoms with Crippen LogP contribution in [0.5, 0.6) is 0 Å². The second kappa shape index (κ2) is 66.6. The van der Waals surface area contributed by atoms with Gasteiger partial charge in [-0.1, -0.05) is 337 Å². The molecule has 0 aliphatic heterocycles. The lowest BCUT2D eigenvalue weighted by Crippen LogP contribution is -2.30. The van der Waals surface area contributed by atoms with Crippen molar-refractivity contribution in [3.63, 3.8) is 0 Å². The lowest BCUT2D eigenvalue weighted by Gasteiger charge is -2.21. The topological polar surface area (TPSA) is 237 Å². The molecule has 0 bridgehead atoms. The fraction of sp³-hybridized carbons (Fsp3) is 0.947. The van der Waals surface area contributed by atoms with Crippen molar-refractivity contribution < 1.29 is 80.2 Å². The predicted octanol–water partition coefficient (Wildman–Crippen LogP) is 22.2. The van der Waals surface area contributed by atoms with Crippen LogP contribution in [0.15, 0.2) is 0 Å². The molecule has 0 fully saturated rings. The number of phosphoric acid groups is 2. The van der Waals surface area contributed by atoms with E-state index in [0.717, 1.165) is 108 Å². The van der Waals surface area contributed by atoms with Crippen LogP contribution in [-0.4, -0.2) is 96.7 Å². The molecule has 7 atom stereocenters. The van der Waals surface area contributed by atoms with E-state index in [1.54, 1.807) is 0 Å². The van der Waals surface area contributed by atoms with Crippen molar-refractivity contribution >= 4 is 39.5 Å². The van der Waals surface area contributed by atoms with Crippen molar-refractivity contribution in [2.75, 3.05) is 39.6 Å². The Hall–Kier alpha value is -1.94. The smallest absolute Gasteiger partial charge is 0.462 e. The van der Waals surface area contributed by atoms with E-state index in [-0.39, 0.29) is 25.7 Å². The number of carbonyl (C=O) groups is 4. The van der Waals surface area contributed by atoms with Crippen molar-refractivity contribution in [2.24, 2.45) is 17.8 Å². The monoisotopic (exact) mass is 1400 g/mol. The Bertz CT molecular complexity index is 1860. The molecule has 95 heavy (non-hydrogen) atoms. The molecule has 0 aromatic carbocycles. The van der Waals surface area contributed by atoms with E-state index in [1.165, 1.54) is 199 Å². The fourth-order valence-corrected chi connectivity index (χ4v) is 13.1. The Labute approximate surface area is 581 Å². The SMILES string of the molecule is CCCCCCCCCCCCCCCCCCC(=O)O[C@H](COC(=O)CCCCCCCCCCCCC(C)CC)COP(=O)(O)OC[C@@H](O)COP(=O)(O)OC[C@@H](COC(=O)CCCCCCCCCCC(C)C)OC(=O)CCCCCCCCCCCCC(C)CC. The summed E-state index contributed by atoms with van der Waals surface area (Å²) < 4.78 is 68.6. The van der Waals surface area contributed by atoms with Gasteiger partial charge in [-0.05, 0) is 43.4 Å². The van der Waals surface area contributed by atoms with Crippen molar-refractivity contribution in [1.82, 2.24) is 0 Å². The van der Waals surface area contributed by atoms with Crippen molar-refractivity contribution in [3.05, 3.63) is 0 Å². The molecule has 0 rings (SSSR count). The summed E-state index contributed by atoms with van der Waals surface area (Å²) >= 11 is 0. The van der Waals surface area contributed by atoms with Gasteiger partial charge in [0.25, 0.3) is 0 Å². The lowest BCUT2D eigenvalue weighted by atomic mass is 9.99. The molecule has 0 aliphatic rings. The van der Waals surface area contributed by atoms with E-state index in [9.17, 15) is 43.2 Å². The molecule has 0 aromatic heterocycles. The van der Waals surface area contributed by atoms with Gasteiger partial charge in [0.15, 0.2) is 12.2 Å². The molecule has 4 unspecified atom stereocenters. The van der Waals surface area contributed by atoms with Crippen molar-refractivity contribution in [3.8, 4) is 0 Å². The zero-order chi connectivity index (χ0) is 70.1. The maximum absolute atomic E-state index is 13.1. The first-order valence-electron chi connectivity index (χ1n) is 39.4. The molecule has 17 nitrogen and oxygen atoms in total. The molecule has 0 aromatic rings. The molecule has 0 spiro atoms. The van der Waals surface area contributed by atoms with Crippen LogP contribution in [0.3, 0.4) is 0 Å². The van der Waals surface area contributed by atoms with Gasteiger partial charge in [-0.3, -0.25) is 37.3 Å². The molecule has 0 aliphatic carbocycles. The normalized spacial score (nSPS) is 14.6. The summed E-state index contributed by atoms with van der Waals surface area (Å²) in [5.41, 5.74) is 0. The number of aliphatic hydroxyl groups excluding tert-OH is 1. The number of phosphoric ester groups is 2. The Morgan fingerprint density at radius 1 is 0.305 bits per heavy atom. The molecule has 19 heteroatoms. The second-order valence-electron chi connectivity index (χ2n) is 28.4. The molecule has 3 N–H and O–H groups in total. The van der Waals surface area contributed by atoms with Gasteiger partial charge in [-0.25, -0.2) is 9.13 Å². The lowest BCUT2D eigenvalue weighted by molar-refractivity contribution is -0.161. The third kappa shape index (κ3) is 67.6. The number of hydrogen-bond acceptors (Lipinski definition) is 15. The number of esters is 4. The standard InChI is InChI=1S/C76H148O17P2/c1-8-11-12-13-14-15-16-17-18-19-20-21-29-38-45-52-59-75(80)92-71(63-86-73(78)57-50-43-36-28-24-22-26-34-41-48-55-68(6)9-2)65-90-94(82,83)88-61-70(77)62-89-95(84,85)91-66-72(64-87-74(79)58-51-44-37-32-31-33-40-47-54-67(4)5)93-76(81)60-53-46-39-30-25-23-27-35-42-49-56-69(7)10-3/h67-72,77H,8-66H2,1-7H3,(H,82,83)(H,84,85)/t68?,69?,70-,71-,72-/m1/s1. The molecule has 0 saturated carbocycles. The summed E-state index contributed by atoms with van der Waals surface area (Å²) in [5.74, 6) is 0.222. The maximum atomic E-state index is 13.1. The van der Waals surface area contributed by atoms with Crippen LogP contribution in [0, 0.1) is 17.8 Å². The van der Waals surface area contributed by atoms with Gasteiger partial charge in [-0.15, -0.1) is 0 Å². The molecule has 0 heterocycles. The minimum atomic E-state index is -4.96. The van der Waals surface area contributed by atoms with Gasteiger partial charge in [0.05, 0.1) is 26.4 Å². The predicted molar refractivity (Wildman–Crippen MR) is 386 cm³/mol. The summed E-state index contributed by atoms with van der Waals surface area (Å²) in [6.07, 6.45) is 52.5. The van der Waals surface area contributed by atoms with Crippen molar-refractivity contribution in [2.45, 2.75) is 407 Å². The highest BCUT2D eigenvalue weighted by Gasteiger charge is 2.30. The number of ether oxygens (including phenoxy) is 4. The third-order valence-corrected chi connectivity index (χ3v) is 20.3. The van der Waals surface area contributed by atoms with E-state index in [2.05, 4.69) is 48.5 Å². The summed E-state index contributed by atoms with van der Waals surface area (Å²) in [7, 11) is -9.91. The summed E-state index contributed by atoms with van der Waals surface area (Å²) in [6, 6.07) is 0. The number of hydrogen-bond donors (Lipinski definition) is 3. The third-order valence-electron chi connectivity index (χ3n) is 18.4. The minimum Gasteiger partial charge on any atom is -0.462 e. The largest absolute Gasteiger partial charge is 0.472 e. The Morgan fingerprint density at radius 2 is 0.537 bits per heavy atom. The Balaban J connectivity index is 5.27. The van der Waals surface area contributed by atoms with Crippen LogP contribution >= 0.6 is 15.6 Å². The van der Waals surface area contributed by atoms with Crippen LogP contribution in [0.1, 0.15) is 389 Å². The summed E-state index contributed by atoms with van der Waals surface area (Å²) in [4.78, 5) is 72.9. The maximum Gasteiger partial charge on any atom is 0.472 e. The number of unbranched alkanes of at least 4 members (excludes halogenated alkanes) is 40. The number of carbonyl (C=O) groups excluding carboxylic acids is 4. The molecule has 0 amide bonds. The molecular formula is C76H148O17P2. The highest BCUT2D eigenvalue weighted by molar-refractivity contribution is 7.47. The van der Waals surface area contributed by atoms with E-state index >= 15 is 0 Å².